The fourth-order valence-electron chi connectivity index (χ4n) is 1.94. The molecule has 0 saturated carbocycles. The fourth-order valence-corrected chi connectivity index (χ4v) is 1.94. The Morgan fingerprint density at radius 2 is 2.10 bits per heavy atom. The summed E-state index contributed by atoms with van der Waals surface area (Å²) >= 11 is 0. The van der Waals surface area contributed by atoms with Gasteiger partial charge >= 0.3 is 6.18 Å². The van der Waals surface area contributed by atoms with Gasteiger partial charge in [-0.1, -0.05) is 12.1 Å². The zero-order valence-corrected chi connectivity index (χ0v) is 11.3. The standard InChI is InChI=1S/C12H15F3N6/c1-2-5-21-10(7-18-20-21)11(19-16)9-4-3-8(6-17-9)12(13,14)15/h3-4,6-7,11,19H,2,5,16H2,1H3. The second-order valence-corrected chi connectivity index (χ2v) is 4.45. The van der Waals surface area contributed by atoms with E-state index in [4.69, 9.17) is 5.84 Å². The van der Waals surface area contributed by atoms with Gasteiger partial charge in [0.25, 0.3) is 0 Å². The summed E-state index contributed by atoms with van der Waals surface area (Å²) in [4.78, 5) is 3.84. The van der Waals surface area contributed by atoms with Crippen molar-refractivity contribution >= 4 is 0 Å². The molecule has 2 aromatic rings. The summed E-state index contributed by atoms with van der Waals surface area (Å²) in [6.45, 7) is 2.61. The third-order valence-electron chi connectivity index (χ3n) is 2.95. The molecule has 0 saturated heterocycles. The minimum Gasteiger partial charge on any atom is -0.270 e. The highest BCUT2D eigenvalue weighted by Crippen LogP contribution is 2.29. The Hall–Kier alpha value is -2.00. The molecule has 21 heavy (non-hydrogen) atoms. The number of aromatic nitrogens is 4. The average molecular weight is 300 g/mol. The van der Waals surface area contributed by atoms with E-state index >= 15 is 0 Å². The van der Waals surface area contributed by atoms with E-state index < -0.39 is 17.8 Å². The molecule has 0 spiro atoms. The van der Waals surface area contributed by atoms with E-state index in [9.17, 15) is 13.2 Å². The zero-order chi connectivity index (χ0) is 15.5. The molecule has 3 N–H and O–H groups in total. The minimum atomic E-state index is -4.41. The predicted octanol–water partition coefficient (Wildman–Crippen LogP) is 1.65. The SMILES string of the molecule is CCCn1nncc1C(NN)c1ccc(C(F)(F)F)cn1. The molecular weight excluding hydrogens is 285 g/mol. The number of nitrogens with one attached hydrogen (secondary N) is 1. The number of aryl methyl sites for hydroxylation is 1. The molecule has 9 heteroatoms. The molecule has 0 aromatic carbocycles. The van der Waals surface area contributed by atoms with E-state index in [0.717, 1.165) is 18.7 Å². The number of halogens is 3. The maximum atomic E-state index is 12.5. The molecule has 114 valence electrons. The number of hydrogen-bond donors (Lipinski definition) is 2. The lowest BCUT2D eigenvalue weighted by Crippen LogP contribution is -2.31. The van der Waals surface area contributed by atoms with Crippen LogP contribution in [0.15, 0.2) is 24.5 Å². The molecular formula is C12H15F3N6. The van der Waals surface area contributed by atoms with Gasteiger partial charge < -0.3 is 0 Å². The van der Waals surface area contributed by atoms with E-state index in [0.29, 0.717) is 17.9 Å². The van der Waals surface area contributed by atoms with Crippen LogP contribution in [0.1, 0.15) is 36.3 Å². The lowest BCUT2D eigenvalue weighted by atomic mass is 10.1. The number of pyridine rings is 1. The van der Waals surface area contributed by atoms with Crippen LogP contribution in [0.4, 0.5) is 13.2 Å². The van der Waals surface area contributed by atoms with E-state index in [-0.39, 0.29) is 0 Å². The Balaban J connectivity index is 2.31. The van der Waals surface area contributed by atoms with Crippen LogP contribution in [-0.2, 0) is 12.7 Å². The molecule has 0 aliphatic rings. The van der Waals surface area contributed by atoms with Crippen LogP contribution >= 0.6 is 0 Å². The lowest BCUT2D eigenvalue weighted by Gasteiger charge is -2.17. The molecule has 2 rings (SSSR count). The quantitative estimate of drug-likeness (QED) is 0.648. The first-order chi connectivity index (χ1) is 9.97. The summed E-state index contributed by atoms with van der Waals surface area (Å²) in [5.74, 6) is 5.50. The number of rotatable bonds is 5. The van der Waals surface area contributed by atoms with Crippen molar-refractivity contribution in [2.75, 3.05) is 0 Å². The molecule has 1 atom stereocenters. The highest BCUT2D eigenvalue weighted by atomic mass is 19.4. The van der Waals surface area contributed by atoms with Crippen LogP contribution < -0.4 is 11.3 Å². The normalized spacial score (nSPS) is 13.4. The Morgan fingerprint density at radius 1 is 1.33 bits per heavy atom. The highest BCUT2D eigenvalue weighted by molar-refractivity contribution is 5.24. The van der Waals surface area contributed by atoms with E-state index in [1.165, 1.54) is 12.3 Å². The van der Waals surface area contributed by atoms with E-state index in [2.05, 4.69) is 20.7 Å². The van der Waals surface area contributed by atoms with Crippen molar-refractivity contribution in [1.82, 2.24) is 25.4 Å². The third kappa shape index (κ3) is 3.37. The molecule has 0 radical (unpaired) electrons. The van der Waals surface area contributed by atoms with Gasteiger partial charge in [0.1, 0.15) is 6.04 Å². The first-order valence-electron chi connectivity index (χ1n) is 6.35. The van der Waals surface area contributed by atoms with Gasteiger partial charge in [0, 0.05) is 12.7 Å². The number of nitrogens with two attached hydrogens (primary N) is 1. The van der Waals surface area contributed by atoms with Crippen molar-refractivity contribution in [2.45, 2.75) is 32.1 Å². The van der Waals surface area contributed by atoms with Crippen molar-refractivity contribution in [1.29, 1.82) is 0 Å². The first-order valence-corrected chi connectivity index (χ1v) is 6.35. The maximum absolute atomic E-state index is 12.5. The molecule has 0 amide bonds. The second-order valence-electron chi connectivity index (χ2n) is 4.45. The van der Waals surface area contributed by atoms with Crippen LogP contribution in [0.5, 0.6) is 0 Å². The van der Waals surface area contributed by atoms with Crippen molar-refractivity contribution in [3.63, 3.8) is 0 Å². The Bertz CT molecular complexity index is 577. The van der Waals surface area contributed by atoms with Crippen molar-refractivity contribution in [3.05, 3.63) is 41.5 Å². The Labute approximate surface area is 119 Å². The van der Waals surface area contributed by atoms with Gasteiger partial charge in [0.05, 0.1) is 23.1 Å². The number of nitrogens with zero attached hydrogens (tertiary/aromatic N) is 4. The largest absolute Gasteiger partial charge is 0.417 e. The van der Waals surface area contributed by atoms with Gasteiger partial charge in [-0.25, -0.2) is 10.1 Å². The molecule has 6 nitrogen and oxygen atoms in total. The first kappa shape index (κ1) is 15.4. The van der Waals surface area contributed by atoms with Crippen LogP contribution in [-0.4, -0.2) is 20.0 Å². The van der Waals surface area contributed by atoms with Gasteiger partial charge in [-0.15, -0.1) is 5.10 Å². The van der Waals surface area contributed by atoms with Crippen molar-refractivity contribution in [3.8, 4) is 0 Å². The number of alkyl halides is 3. The molecule has 2 heterocycles. The van der Waals surface area contributed by atoms with Gasteiger partial charge in [0.15, 0.2) is 0 Å². The van der Waals surface area contributed by atoms with Crippen LogP contribution in [0.25, 0.3) is 0 Å². The smallest absolute Gasteiger partial charge is 0.270 e. The molecule has 0 aliphatic carbocycles. The lowest BCUT2D eigenvalue weighted by molar-refractivity contribution is -0.137. The molecule has 2 aromatic heterocycles. The predicted molar refractivity (Wildman–Crippen MR) is 68.7 cm³/mol. The Morgan fingerprint density at radius 3 is 2.62 bits per heavy atom. The summed E-state index contributed by atoms with van der Waals surface area (Å²) in [5.41, 5.74) is 2.74. The van der Waals surface area contributed by atoms with Gasteiger partial charge in [-0.05, 0) is 18.6 Å². The third-order valence-corrected chi connectivity index (χ3v) is 2.95. The van der Waals surface area contributed by atoms with E-state index in [1.807, 2.05) is 6.92 Å². The van der Waals surface area contributed by atoms with Crippen molar-refractivity contribution < 1.29 is 13.2 Å². The topological polar surface area (TPSA) is 81.7 Å². The summed E-state index contributed by atoms with van der Waals surface area (Å²) in [5, 5.41) is 7.72. The monoisotopic (exact) mass is 300 g/mol. The summed E-state index contributed by atoms with van der Waals surface area (Å²) in [6, 6.07) is 1.69. The number of hydrazine groups is 1. The number of hydrogen-bond acceptors (Lipinski definition) is 5. The average Bonchev–Trinajstić information content (AvgIpc) is 2.88. The zero-order valence-electron chi connectivity index (χ0n) is 11.3. The summed E-state index contributed by atoms with van der Waals surface area (Å²) < 4.78 is 39.3. The van der Waals surface area contributed by atoms with Gasteiger partial charge in [-0.3, -0.25) is 10.8 Å². The van der Waals surface area contributed by atoms with Crippen LogP contribution in [0.3, 0.4) is 0 Å². The molecule has 0 bridgehead atoms. The van der Waals surface area contributed by atoms with Gasteiger partial charge in [0.2, 0.25) is 0 Å². The van der Waals surface area contributed by atoms with Gasteiger partial charge in [-0.2, -0.15) is 13.2 Å². The fraction of sp³-hybridized carbons (Fsp3) is 0.417. The Kier molecular flexibility index (Phi) is 4.53. The summed E-state index contributed by atoms with van der Waals surface area (Å²) in [7, 11) is 0. The molecule has 1 unspecified atom stereocenters. The molecule has 0 aliphatic heterocycles. The van der Waals surface area contributed by atoms with Crippen molar-refractivity contribution in [2.24, 2.45) is 5.84 Å². The minimum absolute atomic E-state index is 0.366. The summed E-state index contributed by atoms with van der Waals surface area (Å²) in [6.07, 6.45) is -1.27. The van der Waals surface area contributed by atoms with Crippen LogP contribution in [0, 0.1) is 0 Å². The maximum Gasteiger partial charge on any atom is 0.417 e. The van der Waals surface area contributed by atoms with E-state index in [1.54, 1.807) is 4.68 Å². The molecule has 0 fully saturated rings. The van der Waals surface area contributed by atoms with Crippen LogP contribution in [0.2, 0.25) is 0 Å². The second kappa shape index (κ2) is 6.19. The highest BCUT2D eigenvalue weighted by Gasteiger charge is 2.31.